The van der Waals surface area contributed by atoms with Crippen molar-refractivity contribution in [1.82, 2.24) is 10.3 Å². The van der Waals surface area contributed by atoms with Crippen molar-refractivity contribution in [3.63, 3.8) is 0 Å². The molecule has 1 saturated carbocycles. The van der Waals surface area contributed by atoms with Gasteiger partial charge in [-0.15, -0.1) is 0 Å². The van der Waals surface area contributed by atoms with Crippen LogP contribution in [0.15, 0.2) is 24.3 Å². The molecule has 2 atom stereocenters. The Morgan fingerprint density at radius 3 is 2.43 bits per heavy atom. The zero-order valence-corrected chi connectivity index (χ0v) is 19.3. The van der Waals surface area contributed by atoms with E-state index in [1.807, 2.05) is 20.8 Å². The first-order valence-corrected chi connectivity index (χ1v) is 11.9. The van der Waals surface area contributed by atoms with Crippen LogP contribution in [0.25, 0.3) is 10.9 Å². The maximum absolute atomic E-state index is 13.6. The quantitative estimate of drug-likeness (QED) is 0.593. The van der Waals surface area contributed by atoms with Gasteiger partial charge in [0.1, 0.15) is 11.6 Å². The van der Waals surface area contributed by atoms with E-state index in [2.05, 4.69) is 48.4 Å². The topological polar surface area (TPSA) is 54.1 Å². The summed E-state index contributed by atoms with van der Waals surface area (Å²) in [6.45, 7) is 10.4. The summed E-state index contributed by atoms with van der Waals surface area (Å²) >= 11 is 0. The highest BCUT2D eigenvalue weighted by Gasteiger charge is 2.51. The van der Waals surface area contributed by atoms with Gasteiger partial charge in [0.05, 0.1) is 5.54 Å². The third-order valence-corrected chi connectivity index (χ3v) is 7.27. The van der Waals surface area contributed by atoms with Crippen molar-refractivity contribution >= 4 is 16.9 Å². The molecular formula is C26H38N2O2. The average molecular weight is 411 g/mol. The largest absolute Gasteiger partial charge is 0.459 e. The lowest BCUT2D eigenvalue weighted by molar-refractivity contribution is -0.160. The Balaban J connectivity index is 1.92. The highest BCUT2D eigenvalue weighted by Crippen LogP contribution is 2.50. The van der Waals surface area contributed by atoms with Crippen molar-refractivity contribution in [2.24, 2.45) is 5.92 Å². The number of fused-ring (bicyclic) bond motifs is 4. The number of benzene rings is 1. The average Bonchev–Trinajstić information content (AvgIpc) is 3.10. The lowest BCUT2D eigenvalue weighted by Crippen LogP contribution is -2.60. The van der Waals surface area contributed by atoms with Gasteiger partial charge in [-0.2, -0.15) is 0 Å². The molecule has 1 spiro atoms. The third-order valence-electron chi connectivity index (χ3n) is 7.27. The number of aromatic nitrogens is 1. The van der Waals surface area contributed by atoms with Crippen molar-refractivity contribution in [2.45, 2.75) is 103 Å². The van der Waals surface area contributed by atoms with Crippen LogP contribution in [0.4, 0.5) is 0 Å². The number of nitrogens with one attached hydrogen (secondary N) is 2. The minimum atomic E-state index is -0.489. The van der Waals surface area contributed by atoms with Crippen LogP contribution in [0, 0.1) is 5.92 Å². The predicted octanol–water partition coefficient (Wildman–Crippen LogP) is 6.16. The summed E-state index contributed by atoms with van der Waals surface area (Å²) < 4.78 is 5.97. The fourth-order valence-corrected chi connectivity index (χ4v) is 5.94. The molecule has 2 aromatic rings. The molecule has 1 aromatic carbocycles. The Morgan fingerprint density at radius 2 is 1.80 bits per heavy atom. The van der Waals surface area contributed by atoms with Gasteiger partial charge in [-0.1, -0.05) is 64.2 Å². The minimum Gasteiger partial charge on any atom is -0.459 e. The second-order valence-corrected chi connectivity index (χ2v) is 10.4. The fourth-order valence-electron chi connectivity index (χ4n) is 5.94. The third kappa shape index (κ3) is 3.68. The number of hydrogen-bond donors (Lipinski definition) is 2. The van der Waals surface area contributed by atoms with Crippen LogP contribution >= 0.6 is 0 Å². The van der Waals surface area contributed by atoms with E-state index in [0.717, 1.165) is 25.7 Å². The normalized spacial score (nSPS) is 23.7. The van der Waals surface area contributed by atoms with Gasteiger partial charge in [0, 0.05) is 22.5 Å². The first-order valence-electron chi connectivity index (χ1n) is 11.9. The SMILES string of the molecule is CCC(CC)[C@@H]1c2c([nH]c3ccccc23)C2(CCCCC2)N[C@H]1C(=O)OC(C)(C)C. The first kappa shape index (κ1) is 21.4. The van der Waals surface area contributed by atoms with Crippen molar-refractivity contribution in [1.29, 1.82) is 0 Å². The Hall–Kier alpha value is -1.81. The van der Waals surface area contributed by atoms with Crippen LogP contribution in [-0.4, -0.2) is 22.6 Å². The molecular weight excluding hydrogens is 372 g/mol. The Bertz CT molecular complexity index is 897. The van der Waals surface area contributed by atoms with Crippen LogP contribution in [-0.2, 0) is 15.1 Å². The second-order valence-electron chi connectivity index (χ2n) is 10.4. The van der Waals surface area contributed by atoms with E-state index in [1.165, 1.54) is 41.4 Å². The van der Waals surface area contributed by atoms with Gasteiger partial charge in [-0.25, -0.2) is 0 Å². The van der Waals surface area contributed by atoms with E-state index in [1.54, 1.807) is 0 Å². The van der Waals surface area contributed by atoms with Crippen molar-refractivity contribution in [2.75, 3.05) is 0 Å². The number of hydrogen-bond acceptors (Lipinski definition) is 3. The first-order chi connectivity index (χ1) is 14.3. The summed E-state index contributed by atoms with van der Waals surface area (Å²) in [5.74, 6) is 0.447. The van der Waals surface area contributed by atoms with Crippen molar-refractivity contribution in [3.8, 4) is 0 Å². The fraction of sp³-hybridized carbons (Fsp3) is 0.654. The molecule has 164 valence electrons. The molecule has 1 aliphatic heterocycles. The van der Waals surface area contributed by atoms with Gasteiger partial charge in [-0.3, -0.25) is 10.1 Å². The Labute approximate surface area is 181 Å². The Kier molecular flexibility index (Phi) is 5.73. The van der Waals surface area contributed by atoms with Gasteiger partial charge in [-0.05, 0) is 51.2 Å². The van der Waals surface area contributed by atoms with E-state index in [9.17, 15) is 4.79 Å². The minimum absolute atomic E-state index is 0.0970. The molecule has 4 rings (SSSR count). The summed E-state index contributed by atoms with van der Waals surface area (Å²) in [4.78, 5) is 17.4. The molecule has 0 bridgehead atoms. The number of carbonyl (C=O) groups excluding carboxylic acids is 1. The molecule has 0 amide bonds. The molecule has 0 radical (unpaired) electrons. The number of aromatic amines is 1. The van der Waals surface area contributed by atoms with Gasteiger partial charge < -0.3 is 9.72 Å². The van der Waals surface area contributed by atoms with Crippen LogP contribution in [0.5, 0.6) is 0 Å². The molecule has 2 N–H and O–H groups in total. The number of carbonyl (C=O) groups is 1. The molecule has 0 unspecified atom stereocenters. The molecule has 1 aromatic heterocycles. The van der Waals surface area contributed by atoms with Crippen LogP contribution < -0.4 is 5.32 Å². The van der Waals surface area contributed by atoms with E-state index in [0.29, 0.717) is 5.92 Å². The number of ether oxygens (including phenoxy) is 1. The molecule has 0 saturated heterocycles. The summed E-state index contributed by atoms with van der Waals surface area (Å²) in [5.41, 5.74) is 3.25. The standard InChI is InChI=1S/C26H38N2O2/c1-6-17(7-2)20-21-18-13-9-10-14-19(18)27-23(21)26(15-11-8-12-16-26)28-22(20)24(29)30-25(3,4)5/h9-10,13-14,17,20,22,27-28H,6-8,11-12,15-16H2,1-5H3/t20-,22-/m1/s1. The molecule has 2 aliphatic rings. The van der Waals surface area contributed by atoms with Crippen LogP contribution in [0.1, 0.15) is 96.7 Å². The summed E-state index contributed by atoms with van der Waals surface area (Å²) in [7, 11) is 0. The molecule has 4 nitrogen and oxygen atoms in total. The smallest absolute Gasteiger partial charge is 0.324 e. The van der Waals surface area contributed by atoms with Crippen molar-refractivity contribution < 1.29 is 9.53 Å². The number of rotatable bonds is 4. The molecule has 4 heteroatoms. The van der Waals surface area contributed by atoms with E-state index < -0.39 is 5.60 Å². The highest BCUT2D eigenvalue weighted by atomic mass is 16.6. The molecule has 2 heterocycles. The maximum atomic E-state index is 13.6. The lowest BCUT2D eigenvalue weighted by Gasteiger charge is -2.49. The van der Waals surface area contributed by atoms with Crippen LogP contribution in [0.2, 0.25) is 0 Å². The maximum Gasteiger partial charge on any atom is 0.324 e. The second kappa shape index (κ2) is 8.03. The molecule has 1 aliphatic carbocycles. The summed E-state index contributed by atoms with van der Waals surface area (Å²) in [5, 5.41) is 5.18. The highest BCUT2D eigenvalue weighted by molar-refractivity contribution is 5.88. The number of para-hydroxylation sites is 1. The van der Waals surface area contributed by atoms with Gasteiger partial charge >= 0.3 is 5.97 Å². The predicted molar refractivity (Wildman–Crippen MR) is 123 cm³/mol. The van der Waals surface area contributed by atoms with E-state index in [-0.39, 0.29) is 23.5 Å². The zero-order valence-electron chi connectivity index (χ0n) is 19.3. The van der Waals surface area contributed by atoms with Crippen LogP contribution in [0.3, 0.4) is 0 Å². The van der Waals surface area contributed by atoms with Gasteiger partial charge in [0.25, 0.3) is 0 Å². The monoisotopic (exact) mass is 410 g/mol. The van der Waals surface area contributed by atoms with E-state index >= 15 is 0 Å². The van der Waals surface area contributed by atoms with Gasteiger partial charge in [0.2, 0.25) is 0 Å². The summed E-state index contributed by atoms with van der Waals surface area (Å²) in [6, 6.07) is 8.32. The lowest BCUT2D eigenvalue weighted by atomic mass is 9.67. The number of esters is 1. The van der Waals surface area contributed by atoms with Gasteiger partial charge in [0.15, 0.2) is 0 Å². The van der Waals surface area contributed by atoms with E-state index in [4.69, 9.17) is 4.74 Å². The summed E-state index contributed by atoms with van der Waals surface area (Å²) in [6.07, 6.45) is 7.90. The van der Waals surface area contributed by atoms with Crippen molar-refractivity contribution in [3.05, 3.63) is 35.5 Å². The molecule has 30 heavy (non-hydrogen) atoms. The zero-order chi connectivity index (χ0) is 21.5. The Morgan fingerprint density at radius 1 is 1.13 bits per heavy atom. The molecule has 1 fully saturated rings. The number of H-pyrrole nitrogens is 1.